The lowest BCUT2D eigenvalue weighted by Crippen LogP contribution is -2.06. The fourth-order valence-electron chi connectivity index (χ4n) is 0.474. The molecule has 0 fully saturated rings. The van der Waals surface area contributed by atoms with Gasteiger partial charge in [-0.05, 0) is 24.4 Å². The third kappa shape index (κ3) is 4.60. The van der Waals surface area contributed by atoms with Gasteiger partial charge in [0.1, 0.15) is 5.38 Å². The molecule has 56 valence electrons. The van der Waals surface area contributed by atoms with Gasteiger partial charge in [-0.25, -0.2) is 0 Å². The van der Waals surface area contributed by atoms with Crippen molar-refractivity contribution in [2.45, 2.75) is 24.6 Å². The minimum absolute atomic E-state index is 0.424. The first-order chi connectivity index (χ1) is 4.68. The monoisotopic (exact) mass is 179 g/mol. The number of hydrogen-bond donors (Lipinski definition) is 0. The number of carbonyl (C=O) groups excluding carboxylic acids is 1. The van der Waals surface area contributed by atoms with E-state index in [0.29, 0.717) is 19.3 Å². The number of hydrogen-bond acceptors (Lipinski definition) is 2. The Hall–Kier alpha value is -0.260. The van der Waals surface area contributed by atoms with Crippen LogP contribution < -0.4 is 0 Å². The van der Waals surface area contributed by atoms with Crippen LogP contribution in [0.15, 0.2) is 0 Å². The minimum atomic E-state index is -0.630. The van der Waals surface area contributed by atoms with Gasteiger partial charge in [-0.1, -0.05) is 0 Å². The third-order valence-corrected chi connectivity index (χ3v) is 1.78. The van der Waals surface area contributed by atoms with Crippen LogP contribution in [0.1, 0.15) is 19.3 Å². The first-order valence-corrected chi connectivity index (χ1v) is 3.70. The van der Waals surface area contributed by atoms with Crippen LogP contribution in [0.25, 0.3) is 0 Å². The molecular weight excluding hydrogens is 173 g/mol. The van der Waals surface area contributed by atoms with Crippen molar-refractivity contribution in [2.24, 2.45) is 0 Å². The van der Waals surface area contributed by atoms with Gasteiger partial charge in [0.25, 0.3) is 0 Å². The first-order valence-electron chi connectivity index (χ1n) is 2.89. The standard InChI is InChI=1S/C6H7Cl2NO/c7-5(6(8)10)3-1-2-4-9/h5H,1-3H2. The summed E-state index contributed by atoms with van der Waals surface area (Å²) in [5.74, 6) is 0. The molecule has 1 unspecified atom stereocenters. The number of halogens is 2. The van der Waals surface area contributed by atoms with Crippen LogP contribution in [0, 0.1) is 11.3 Å². The van der Waals surface area contributed by atoms with E-state index in [1.165, 1.54) is 0 Å². The van der Waals surface area contributed by atoms with Gasteiger partial charge in [-0.2, -0.15) is 5.26 Å². The minimum Gasteiger partial charge on any atom is -0.280 e. The molecule has 0 aliphatic carbocycles. The molecule has 0 saturated heterocycles. The number of carbonyl (C=O) groups is 1. The van der Waals surface area contributed by atoms with E-state index in [2.05, 4.69) is 0 Å². The van der Waals surface area contributed by atoms with Crippen molar-refractivity contribution in [3.63, 3.8) is 0 Å². The van der Waals surface area contributed by atoms with Crippen molar-refractivity contribution in [3.8, 4) is 6.07 Å². The van der Waals surface area contributed by atoms with Crippen molar-refractivity contribution >= 4 is 28.4 Å². The highest BCUT2D eigenvalue weighted by atomic mass is 35.5. The Morgan fingerprint density at radius 1 is 1.70 bits per heavy atom. The predicted octanol–water partition coefficient (Wildman–Crippen LogP) is 2.05. The molecule has 0 aliphatic rings. The van der Waals surface area contributed by atoms with Gasteiger partial charge in [-0.15, -0.1) is 11.6 Å². The molecule has 0 rings (SSSR count). The predicted molar refractivity (Wildman–Crippen MR) is 40.0 cm³/mol. The average molecular weight is 180 g/mol. The number of nitriles is 1. The summed E-state index contributed by atoms with van der Waals surface area (Å²) < 4.78 is 0. The molecule has 0 aromatic heterocycles. The van der Waals surface area contributed by atoms with Gasteiger partial charge in [0.15, 0.2) is 0 Å². The second-order valence-corrected chi connectivity index (χ2v) is 2.72. The largest absolute Gasteiger partial charge is 0.280 e. The first kappa shape index (κ1) is 9.74. The zero-order valence-corrected chi connectivity index (χ0v) is 6.82. The average Bonchev–Trinajstić information content (AvgIpc) is 1.88. The highest BCUT2D eigenvalue weighted by Crippen LogP contribution is 2.09. The Bertz CT molecular complexity index is 152. The Morgan fingerprint density at radius 2 is 2.30 bits per heavy atom. The van der Waals surface area contributed by atoms with Crippen LogP contribution >= 0.6 is 23.2 Å². The van der Waals surface area contributed by atoms with Gasteiger partial charge in [0.05, 0.1) is 6.07 Å². The van der Waals surface area contributed by atoms with Gasteiger partial charge >= 0.3 is 0 Å². The van der Waals surface area contributed by atoms with Gasteiger partial charge in [-0.3, -0.25) is 4.79 Å². The Labute approximate surface area is 69.7 Å². The quantitative estimate of drug-likeness (QED) is 0.377. The molecule has 0 spiro atoms. The van der Waals surface area contributed by atoms with Crippen LogP contribution in [-0.4, -0.2) is 10.6 Å². The van der Waals surface area contributed by atoms with Crippen LogP contribution in [0.3, 0.4) is 0 Å². The Morgan fingerprint density at radius 3 is 2.70 bits per heavy atom. The molecule has 0 N–H and O–H groups in total. The van der Waals surface area contributed by atoms with Crippen molar-refractivity contribution in [3.05, 3.63) is 0 Å². The summed E-state index contributed by atoms with van der Waals surface area (Å²) in [7, 11) is 0. The molecule has 0 aromatic rings. The zero-order chi connectivity index (χ0) is 7.98. The summed E-state index contributed by atoms with van der Waals surface area (Å²) >= 11 is 10.5. The molecule has 0 bridgehead atoms. The van der Waals surface area contributed by atoms with Crippen molar-refractivity contribution in [1.82, 2.24) is 0 Å². The van der Waals surface area contributed by atoms with E-state index in [1.807, 2.05) is 6.07 Å². The number of nitrogens with zero attached hydrogens (tertiary/aromatic N) is 1. The fourth-order valence-corrected chi connectivity index (χ4v) is 0.737. The van der Waals surface area contributed by atoms with E-state index in [9.17, 15) is 4.79 Å². The maximum absolute atomic E-state index is 10.3. The maximum atomic E-state index is 10.3. The van der Waals surface area contributed by atoms with E-state index in [-0.39, 0.29) is 0 Å². The zero-order valence-electron chi connectivity index (χ0n) is 5.31. The number of rotatable bonds is 4. The van der Waals surface area contributed by atoms with E-state index >= 15 is 0 Å². The van der Waals surface area contributed by atoms with Crippen LogP contribution in [0.5, 0.6) is 0 Å². The third-order valence-electron chi connectivity index (χ3n) is 0.992. The lowest BCUT2D eigenvalue weighted by molar-refractivity contribution is -0.111. The number of unbranched alkanes of at least 4 members (excludes halogenated alkanes) is 1. The topological polar surface area (TPSA) is 40.9 Å². The van der Waals surface area contributed by atoms with Gasteiger partial charge in [0.2, 0.25) is 5.24 Å². The van der Waals surface area contributed by atoms with E-state index in [1.54, 1.807) is 0 Å². The van der Waals surface area contributed by atoms with Gasteiger partial charge < -0.3 is 0 Å². The second kappa shape index (κ2) is 5.52. The van der Waals surface area contributed by atoms with Crippen LogP contribution in [-0.2, 0) is 4.79 Å². The summed E-state index contributed by atoms with van der Waals surface area (Å²) in [5.41, 5.74) is 0. The van der Waals surface area contributed by atoms with Crippen LogP contribution in [0.2, 0.25) is 0 Å². The molecule has 0 aromatic carbocycles. The van der Waals surface area contributed by atoms with Gasteiger partial charge in [0, 0.05) is 6.42 Å². The van der Waals surface area contributed by atoms with E-state index in [0.717, 1.165) is 0 Å². The van der Waals surface area contributed by atoms with Crippen LogP contribution in [0.4, 0.5) is 0 Å². The summed E-state index contributed by atoms with van der Waals surface area (Å²) in [6.45, 7) is 0. The molecule has 0 radical (unpaired) electrons. The van der Waals surface area contributed by atoms with Crippen molar-refractivity contribution < 1.29 is 4.79 Å². The molecule has 0 saturated carbocycles. The summed E-state index contributed by atoms with van der Waals surface area (Å²) in [4.78, 5) is 10.3. The van der Waals surface area contributed by atoms with Crippen molar-refractivity contribution in [1.29, 1.82) is 5.26 Å². The molecular formula is C6H7Cl2NO. The summed E-state index contributed by atoms with van der Waals surface area (Å²) in [6, 6.07) is 1.95. The molecule has 0 aliphatic heterocycles. The Kier molecular flexibility index (Phi) is 5.38. The normalized spacial score (nSPS) is 12.1. The lowest BCUT2D eigenvalue weighted by Gasteiger charge is -1.98. The van der Waals surface area contributed by atoms with E-state index < -0.39 is 10.6 Å². The second-order valence-electron chi connectivity index (χ2n) is 1.82. The summed E-state index contributed by atoms with van der Waals surface area (Å²) in [6.07, 6.45) is 1.54. The molecule has 0 heterocycles. The molecule has 0 amide bonds. The lowest BCUT2D eigenvalue weighted by atomic mass is 10.2. The number of alkyl halides is 1. The van der Waals surface area contributed by atoms with Crippen molar-refractivity contribution in [2.75, 3.05) is 0 Å². The highest BCUT2D eigenvalue weighted by Gasteiger charge is 2.10. The molecule has 1 atom stereocenters. The fraction of sp³-hybridized carbons (Fsp3) is 0.667. The maximum Gasteiger partial charge on any atom is 0.239 e. The smallest absolute Gasteiger partial charge is 0.239 e. The molecule has 10 heavy (non-hydrogen) atoms. The molecule has 4 heteroatoms. The Balaban J connectivity index is 3.32. The summed E-state index contributed by atoms with van der Waals surface area (Å²) in [5, 5.41) is 6.94. The highest BCUT2D eigenvalue weighted by molar-refractivity contribution is 6.69. The van der Waals surface area contributed by atoms with E-state index in [4.69, 9.17) is 28.5 Å². The molecule has 2 nitrogen and oxygen atoms in total. The SMILES string of the molecule is N#CCCCC(Cl)C(=O)Cl.